The van der Waals surface area contributed by atoms with Crippen LogP contribution in [0.15, 0.2) is 48.6 Å². The second-order valence-electron chi connectivity index (χ2n) is 9.02. The summed E-state index contributed by atoms with van der Waals surface area (Å²) < 4.78 is 0. The Morgan fingerprint density at radius 3 is 1.79 bits per heavy atom. The number of carbonyl (C=O) groups excluding carboxylic acids is 2. The van der Waals surface area contributed by atoms with Crippen molar-refractivity contribution in [3.63, 3.8) is 0 Å². The molecule has 0 aliphatic heterocycles. The van der Waals surface area contributed by atoms with E-state index in [1.54, 1.807) is 0 Å². The number of carbonyl (C=O) groups is 3. The van der Waals surface area contributed by atoms with Crippen LogP contribution in [-0.4, -0.2) is 67.0 Å². The molecule has 3 rings (SSSR count). The molecule has 0 aromatic heterocycles. The highest BCUT2D eigenvalue weighted by molar-refractivity contribution is 5.92. The zero-order valence-corrected chi connectivity index (χ0v) is 21.0. The Morgan fingerprint density at radius 1 is 0.846 bits per heavy atom. The van der Waals surface area contributed by atoms with Crippen LogP contribution in [-0.2, 0) is 24.2 Å². The van der Waals surface area contributed by atoms with Gasteiger partial charge < -0.3 is 35.3 Å². The van der Waals surface area contributed by atoms with Gasteiger partial charge in [-0.3, -0.25) is 9.59 Å². The average molecular weight is 545 g/mol. The molecule has 1 aliphatic rings. The molecule has 0 unspecified atom stereocenters. The molecule has 1 aliphatic carbocycles. The van der Waals surface area contributed by atoms with Gasteiger partial charge in [-0.1, -0.05) is 24.3 Å². The summed E-state index contributed by atoms with van der Waals surface area (Å²) in [5, 5.41) is 50.9. The van der Waals surface area contributed by atoms with Crippen LogP contribution in [0.5, 0.6) is 23.0 Å². The normalized spacial score (nSPS) is 23.1. The third-order valence-corrected chi connectivity index (χ3v) is 5.73. The standard InChI is InChI=1S/C27H28O12/c1-15(28)3-5-17-7-9-19(30)22(11-17)36-38-24-14-27(35,26(33)34)13-21(32)25(24)39-37-23-12-18(6-4-16(2)29)8-10-20(23)31/h3-12,21,24-25,30-32,35H,13-14H2,1-2H3,(H,33,34)/b5-3+,6-4+/t21-,24-,25+,27-/m0/s1. The van der Waals surface area contributed by atoms with Crippen molar-refractivity contribution >= 4 is 29.7 Å². The molecule has 12 heteroatoms. The monoisotopic (exact) mass is 544 g/mol. The number of carboxylic acid groups (broad SMARTS) is 1. The van der Waals surface area contributed by atoms with Crippen molar-refractivity contribution in [1.29, 1.82) is 0 Å². The Kier molecular flexibility index (Phi) is 9.43. The lowest BCUT2D eigenvalue weighted by atomic mass is 9.80. The zero-order chi connectivity index (χ0) is 28.7. The van der Waals surface area contributed by atoms with Crippen LogP contribution in [0, 0.1) is 0 Å². The van der Waals surface area contributed by atoms with Crippen LogP contribution in [0.1, 0.15) is 37.8 Å². The van der Waals surface area contributed by atoms with Crippen molar-refractivity contribution < 1.29 is 59.5 Å². The lowest BCUT2D eigenvalue weighted by Gasteiger charge is -2.39. The number of benzene rings is 2. The SMILES string of the molecule is CC(=O)/C=C/c1ccc(O)c(OO[C@H]2[C@@H](OOc3cc(/C=C/C(C)=O)ccc3O)C[C@](O)(C(=O)O)C[C@@H]2O)c1. The first kappa shape index (κ1) is 29.3. The fourth-order valence-electron chi connectivity index (χ4n) is 3.68. The fraction of sp³-hybridized carbons (Fsp3) is 0.296. The number of phenolic OH excluding ortho intramolecular Hbond substituents is 2. The predicted molar refractivity (Wildman–Crippen MR) is 134 cm³/mol. The largest absolute Gasteiger partial charge is 0.504 e. The third kappa shape index (κ3) is 7.88. The highest BCUT2D eigenvalue weighted by atomic mass is 17.2. The maximum Gasteiger partial charge on any atom is 0.335 e. The predicted octanol–water partition coefficient (Wildman–Crippen LogP) is 2.33. The van der Waals surface area contributed by atoms with Crippen LogP contribution in [0.4, 0.5) is 0 Å². The number of aliphatic hydroxyl groups is 2. The van der Waals surface area contributed by atoms with Gasteiger partial charge in [0, 0.05) is 12.8 Å². The number of aliphatic hydroxyl groups excluding tert-OH is 1. The number of aromatic hydroxyl groups is 2. The Hall–Kier alpha value is -4.23. The first-order valence-electron chi connectivity index (χ1n) is 11.7. The summed E-state index contributed by atoms with van der Waals surface area (Å²) in [5.74, 6) is -3.11. The summed E-state index contributed by atoms with van der Waals surface area (Å²) in [7, 11) is 0. The van der Waals surface area contributed by atoms with Gasteiger partial charge in [-0.2, -0.15) is 9.78 Å². The van der Waals surface area contributed by atoms with Gasteiger partial charge in [0.25, 0.3) is 0 Å². The van der Waals surface area contributed by atoms with Gasteiger partial charge in [0.05, 0.1) is 6.10 Å². The molecule has 0 radical (unpaired) electrons. The van der Waals surface area contributed by atoms with Crippen molar-refractivity contribution in [2.45, 2.75) is 50.6 Å². The number of hydrogen-bond donors (Lipinski definition) is 5. The second kappa shape index (κ2) is 12.5. The molecule has 208 valence electrons. The topological polar surface area (TPSA) is 189 Å². The quantitative estimate of drug-likeness (QED) is 0.158. The molecule has 0 bridgehead atoms. The van der Waals surface area contributed by atoms with Crippen molar-refractivity contribution in [3.05, 3.63) is 59.7 Å². The molecule has 0 heterocycles. The molecule has 12 nitrogen and oxygen atoms in total. The summed E-state index contributed by atoms with van der Waals surface area (Å²) in [6.45, 7) is 2.72. The van der Waals surface area contributed by atoms with E-state index in [1.165, 1.54) is 74.5 Å². The van der Waals surface area contributed by atoms with Gasteiger partial charge in [-0.05, 0) is 61.4 Å². The van der Waals surface area contributed by atoms with E-state index in [1.807, 2.05) is 0 Å². The molecule has 4 atom stereocenters. The Bertz CT molecular complexity index is 1280. The Morgan fingerprint density at radius 2 is 1.33 bits per heavy atom. The number of ketones is 2. The smallest absolute Gasteiger partial charge is 0.335 e. The lowest BCUT2D eigenvalue weighted by Crippen LogP contribution is -2.58. The van der Waals surface area contributed by atoms with E-state index in [-0.39, 0.29) is 34.6 Å². The van der Waals surface area contributed by atoms with Crippen LogP contribution < -0.4 is 9.78 Å². The highest BCUT2D eigenvalue weighted by Crippen LogP contribution is 2.36. The van der Waals surface area contributed by atoms with E-state index in [9.17, 15) is 39.9 Å². The highest BCUT2D eigenvalue weighted by Gasteiger charge is 2.52. The van der Waals surface area contributed by atoms with E-state index in [4.69, 9.17) is 19.6 Å². The average Bonchev–Trinajstić information content (AvgIpc) is 2.86. The van der Waals surface area contributed by atoms with Crippen molar-refractivity contribution in [2.75, 3.05) is 0 Å². The number of aliphatic carboxylic acids is 1. The fourth-order valence-corrected chi connectivity index (χ4v) is 3.68. The number of phenols is 2. The Labute approximate surface area is 222 Å². The third-order valence-electron chi connectivity index (χ3n) is 5.73. The van der Waals surface area contributed by atoms with Crippen molar-refractivity contribution in [1.82, 2.24) is 0 Å². The Balaban J connectivity index is 1.81. The second-order valence-corrected chi connectivity index (χ2v) is 9.02. The summed E-state index contributed by atoms with van der Waals surface area (Å²) in [5.41, 5.74) is -1.45. The molecule has 1 fully saturated rings. The van der Waals surface area contributed by atoms with Crippen molar-refractivity contribution in [2.24, 2.45) is 0 Å². The lowest BCUT2D eigenvalue weighted by molar-refractivity contribution is -0.355. The van der Waals surface area contributed by atoms with E-state index >= 15 is 0 Å². The van der Waals surface area contributed by atoms with Gasteiger partial charge >= 0.3 is 5.97 Å². The van der Waals surface area contributed by atoms with E-state index < -0.39 is 42.7 Å². The molecule has 5 N–H and O–H groups in total. The van der Waals surface area contributed by atoms with Crippen LogP contribution in [0.2, 0.25) is 0 Å². The molecule has 2 aromatic carbocycles. The summed E-state index contributed by atoms with van der Waals surface area (Å²) in [6, 6.07) is 8.25. The van der Waals surface area contributed by atoms with Crippen LogP contribution in [0.25, 0.3) is 12.2 Å². The number of hydrogen-bond acceptors (Lipinski definition) is 11. The summed E-state index contributed by atoms with van der Waals surface area (Å²) in [6.07, 6.45) is -0.214. The van der Waals surface area contributed by atoms with E-state index in [0.717, 1.165) is 0 Å². The maximum absolute atomic E-state index is 11.7. The summed E-state index contributed by atoms with van der Waals surface area (Å²) >= 11 is 0. The minimum absolute atomic E-state index is 0.186. The zero-order valence-electron chi connectivity index (χ0n) is 21.0. The first-order valence-corrected chi connectivity index (χ1v) is 11.7. The maximum atomic E-state index is 11.7. The number of rotatable bonds is 11. The van der Waals surface area contributed by atoms with Gasteiger partial charge in [0.2, 0.25) is 11.5 Å². The van der Waals surface area contributed by atoms with Crippen LogP contribution in [0.3, 0.4) is 0 Å². The molecule has 0 saturated heterocycles. The molecule has 2 aromatic rings. The number of allylic oxidation sites excluding steroid dienone is 2. The number of carboxylic acids is 1. The molecule has 0 amide bonds. The van der Waals surface area contributed by atoms with E-state index in [0.29, 0.717) is 11.1 Å². The van der Waals surface area contributed by atoms with Gasteiger partial charge in [-0.15, -0.1) is 0 Å². The van der Waals surface area contributed by atoms with Gasteiger partial charge in [0.15, 0.2) is 34.8 Å². The van der Waals surface area contributed by atoms with Crippen molar-refractivity contribution in [3.8, 4) is 23.0 Å². The molecule has 1 saturated carbocycles. The first-order chi connectivity index (χ1) is 18.4. The minimum atomic E-state index is -2.40. The molecule has 39 heavy (non-hydrogen) atoms. The molecular weight excluding hydrogens is 516 g/mol. The molecular formula is C27H28O12. The van der Waals surface area contributed by atoms with Gasteiger partial charge in [-0.25, -0.2) is 4.79 Å². The molecule has 0 spiro atoms. The summed E-state index contributed by atoms with van der Waals surface area (Å²) in [4.78, 5) is 55.1. The van der Waals surface area contributed by atoms with Gasteiger partial charge in [0.1, 0.15) is 6.10 Å². The minimum Gasteiger partial charge on any atom is -0.504 e. The van der Waals surface area contributed by atoms with E-state index in [2.05, 4.69) is 0 Å². The van der Waals surface area contributed by atoms with Crippen LogP contribution >= 0.6 is 0 Å².